The third kappa shape index (κ3) is 3.02. The molecule has 1 aliphatic carbocycles. The van der Waals surface area contributed by atoms with Gasteiger partial charge in [0.05, 0.1) is 5.71 Å². The normalized spacial score (nSPS) is 25.5. The van der Waals surface area contributed by atoms with E-state index >= 15 is 0 Å². The molecule has 1 rings (SSSR count). The lowest BCUT2D eigenvalue weighted by molar-refractivity contribution is 0.207. The minimum absolute atomic E-state index is 0.879. The fourth-order valence-corrected chi connectivity index (χ4v) is 2.10. The average molecular weight is 183 g/mol. The van der Waals surface area contributed by atoms with Crippen molar-refractivity contribution in [3.05, 3.63) is 0 Å². The highest BCUT2D eigenvalue weighted by Gasteiger charge is 2.21. The summed E-state index contributed by atoms with van der Waals surface area (Å²) in [6, 6.07) is 0. The van der Waals surface area contributed by atoms with Crippen LogP contribution in [0.2, 0.25) is 0 Å². The number of nitrogens with zero attached hydrogens (tertiary/aromatic N) is 1. The van der Waals surface area contributed by atoms with Gasteiger partial charge in [0, 0.05) is 0 Å². The number of hydrogen-bond donors (Lipinski definition) is 0. The summed E-state index contributed by atoms with van der Waals surface area (Å²) >= 11 is 0. The van der Waals surface area contributed by atoms with E-state index in [1.165, 1.54) is 25.0 Å². The zero-order chi connectivity index (χ0) is 9.68. The third-order valence-electron chi connectivity index (χ3n) is 3.28. The van der Waals surface area contributed by atoms with Crippen LogP contribution < -0.4 is 0 Å². The first-order valence-electron chi connectivity index (χ1n) is 5.36. The molecular formula is C11H21NO. The first-order valence-corrected chi connectivity index (χ1v) is 5.36. The Morgan fingerprint density at radius 2 is 2.08 bits per heavy atom. The van der Waals surface area contributed by atoms with E-state index < -0.39 is 0 Å². The van der Waals surface area contributed by atoms with Crippen LogP contribution in [0.5, 0.6) is 0 Å². The van der Waals surface area contributed by atoms with Crippen LogP contribution in [-0.2, 0) is 4.84 Å². The Kier molecular flexibility index (Phi) is 4.26. The summed E-state index contributed by atoms with van der Waals surface area (Å²) in [5.74, 6) is 1.80. The molecule has 0 spiro atoms. The van der Waals surface area contributed by atoms with Crippen molar-refractivity contribution in [2.45, 2.75) is 46.0 Å². The van der Waals surface area contributed by atoms with Gasteiger partial charge in [0.1, 0.15) is 7.11 Å². The van der Waals surface area contributed by atoms with Crippen molar-refractivity contribution in [2.75, 3.05) is 7.11 Å². The summed E-state index contributed by atoms with van der Waals surface area (Å²) < 4.78 is 0. The van der Waals surface area contributed by atoms with Crippen LogP contribution in [0.25, 0.3) is 0 Å². The molecule has 0 aromatic carbocycles. The summed E-state index contributed by atoms with van der Waals surface area (Å²) in [6.45, 7) is 4.65. The predicted molar refractivity (Wildman–Crippen MR) is 55.9 cm³/mol. The molecule has 0 aromatic heterocycles. The Labute approximate surface area is 81.3 Å². The zero-order valence-corrected chi connectivity index (χ0v) is 9.05. The molecule has 0 N–H and O–H groups in total. The standard InChI is InChI=1S/C11H21NO/c1-4-9(2)10-5-7-11(8-6-10)12-13-3/h9-10H,4-8H2,1-3H3. The number of oxime groups is 1. The maximum Gasteiger partial charge on any atom is 0.106 e. The van der Waals surface area contributed by atoms with Gasteiger partial charge in [-0.2, -0.15) is 0 Å². The van der Waals surface area contributed by atoms with Gasteiger partial charge in [0.25, 0.3) is 0 Å². The Bertz CT molecular complexity index is 167. The van der Waals surface area contributed by atoms with Crippen molar-refractivity contribution in [3.8, 4) is 0 Å². The van der Waals surface area contributed by atoms with Crippen LogP contribution >= 0.6 is 0 Å². The van der Waals surface area contributed by atoms with Gasteiger partial charge in [-0.05, 0) is 37.5 Å². The SMILES string of the molecule is CCC(C)C1CCC(=NOC)CC1. The van der Waals surface area contributed by atoms with Gasteiger partial charge in [-0.3, -0.25) is 0 Å². The maximum absolute atomic E-state index is 4.79. The molecule has 1 unspecified atom stereocenters. The lowest BCUT2D eigenvalue weighted by Gasteiger charge is -2.27. The molecular weight excluding hydrogens is 162 g/mol. The first-order chi connectivity index (χ1) is 6.27. The molecule has 1 atom stereocenters. The Hall–Kier alpha value is -0.530. The van der Waals surface area contributed by atoms with Crippen molar-refractivity contribution < 1.29 is 4.84 Å². The number of hydrogen-bond acceptors (Lipinski definition) is 2. The largest absolute Gasteiger partial charge is 0.399 e. The molecule has 2 nitrogen and oxygen atoms in total. The minimum Gasteiger partial charge on any atom is -0.399 e. The summed E-state index contributed by atoms with van der Waals surface area (Å²) in [5.41, 5.74) is 1.25. The van der Waals surface area contributed by atoms with Crippen molar-refractivity contribution >= 4 is 5.71 Å². The highest BCUT2D eigenvalue weighted by Crippen LogP contribution is 2.30. The second-order valence-corrected chi connectivity index (χ2v) is 4.06. The van der Waals surface area contributed by atoms with Crippen LogP contribution in [0.4, 0.5) is 0 Å². The smallest absolute Gasteiger partial charge is 0.106 e. The molecule has 0 aromatic rings. The lowest BCUT2D eigenvalue weighted by atomic mass is 9.79. The molecule has 0 amide bonds. The van der Waals surface area contributed by atoms with Crippen molar-refractivity contribution in [1.29, 1.82) is 0 Å². The van der Waals surface area contributed by atoms with Gasteiger partial charge >= 0.3 is 0 Å². The van der Waals surface area contributed by atoms with E-state index in [1.54, 1.807) is 7.11 Å². The van der Waals surface area contributed by atoms with Crippen LogP contribution in [0.1, 0.15) is 46.0 Å². The van der Waals surface area contributed by atoms with Gasteiger partial charge in [-0.15, -0.1) is 0 Å². The van der Waals surface area contributed by atoms with E-state index in [1.807, 2.05) is 0 Å². The quantitative estimate of drug-likeness (QED) is 0.616. The van der Waals surface area contributed by atoms with E-state index in [-0.39, 0.29) is 0 Å². The fourth-order valence-electron chi connectivity index (χ4n) is 2.10. The van der Waals surface area contributed by atoms with Gasteiger partial charge < -0.3 is 4.84 Å². The summed E-state index contributed by atoms with van der Waals surface area (Å²) in [4.78, 5) is 4.79. The van der Waals surface area contributed by atoms with E-state index in [0.29, 0.717) is 0 Å². The fraction of sp³-hybridized carbons (Fsp3) is 0.909. The van der Waals surface area contributed by atoms with Crippen LogP contribution in [0.3, 0.4) is 0 Å². The molecule has 76 valence electrons. The molecule has 2 heteroatoms. The summed E-state index contributed by atoms with van der Waals surface area (Å²) in [7, 11) is 1.63. The van der Waals surface area contributed by atoms with E-state index in [9.17, 15) is 0 Å². The topological polar surface area (TPSA) is 21.6 Å². The highest BCUT2D eigenvalue weighted by atomic mass is 16.6. The molecule has 0 heterocycles. The molecule has 1 saturated carbocycles. The van der Waals surface area contributed by atoms with Gasteiger partial charge in [0.2, 0.25) is 0 Å². The first kappa shape index (κ1) is 10.6. The molecule has 1 fully saturated rings. The highest BCUT2D eigenvalue weighted by molar-refractivity contribution is 5.84. The van der Waals surface area contributed by atoms with Gasteiger partial charge in [-0.1, -0.05) is 25.4 Å². The Morgan fingerprint density at radius 1 is 1.46 bits per heavy atom. The van der Waals surface area contributed by atoms with Gasteiger partial charge in [0.15, 0.2) is 0 Å². The zero-order valence-electron chi connectivity index (χ0n) is 9.05. The lowest BCUT2D eigenvalue weighted by Crippen LogP contribution is -2.19. The van der Waals surface area contributed by atoms with Crippen LogP contribution in [-0.4, -0.2) is 12.8 Å². The van der Waals surface area contributed by atoms with E-state index in [4.69, 9.17) is 4.84 Å². The van der Waals surface area contributed by atoms with Crippen LogP contribution in [0, 0.1) is 11.8 Å². The Balaban J connectivity index is 2.34. The monoisotopic (exact) mass is 183 g/mol. The third-order valence-corrected chi connectivity index (χ3v) is 3.28. The van der Waals surface area contributed by atoms with Crippen molar-refractivity contribution in [1.82, 2.24) is 0 Å². The predicted octanol–water partition coefficient (Wildman–Crippen LogP) is 3.23. The van der Waals surface area contributed by atoms with Crippen molar-refractivity contribution in [3.63, 3.8) is 0 Å². The molecule has 0 saturated heterocycles. The van der Waals surface area contributed by atoms with Crippen LogP contribution in [0.15, 0.2) is 5.16 Å². The number of rotatable bonds is 3. The van der Waals surface area contributed by atoms with E-state index in [0.717, 1.165) is 24.7 Å². The second-order valence-electron chi connectivity index (χ2n) is 4.06. The maximum atomic E-state index is 4.79. The average Bonchev–Trinajstić information content (AvgIpc) is 2.18. The van der Waals surface area contributed by atoms with E-state index in [2.05, 4.69) is 19.0 Å². The molecule has 0 aliphatic heterocycles. The summed E-state index contributed by atoms with van der Waals surface area (Å²) in [6.07, 6.45) is 6.20. The molecule has 13 heavy (non-hydrogen) atoms. The summed E-state index contributed by atoms with van der Waals surface area (Å²) in [5, 5.41) is 4.02. The second kappa shape index (κ2) is 5.25. The molecule has 0 radical (unpaired) electrons. The van der Waals surface area contributed by atoms with Crippen molar-refractivity contribution in [2.24, 2.45) is 17.0 Å². The van der Waals surface area contributed by atoms with Gasteiger partial charge in [-0.25, -0.2) is 0 Å². The molecule has 0 bridgehead atoms. The molecule has 1 aliphatic rings. The minimum atomic E-state index is 0.879. The Morgan fingerprint density at radius 3 is 2.54 bits per heavy atom.